The van der Waals surface area contributed by atoms with Crippen LogP contribution in [0.1, 0.15) is 51.9 Å². The monoisotopic (exact) mass is 365 g/mol. The molecular weight excluding hydrogens is 337 g/mol. The second-order valence-electron chi connectivity index (χ2n) is 5.25. The molecule has 0 radical (unpaired) electrons. The number of halogens is 1. The van der Waals surface area contributed by atoms with Gasteiger partial charge in [0.2, 0.25) is 0 Å². The zero-order valence-electron chi connectivity index (χ0n) is 11.6. The zero-order chi connectivity index (χ0) is 12.5. The first-order chi connectivity index (χ1) is 8.18. The topological polar surface area (TPSA) is 50.4 Å². The van der Waals surface area contributed by atoms with Crippen LogP contribution in [-0.4, -0.2) is 19.0 Å². The third kappa shape index (κ3) is 8.78. The highest BCUT2D eigenvalue weighted by atomic mass is 127. The van der Waals surface area contributed by atoms with E-state index < -0.39 is 0 Å². The number of hydrogen-bond donors (Lipinski definition) is 2. The molecule has 0 amide bonds. The van der Waals surface area contributed by atoms with Gasteiger partial charge in [-0.05, 0) is 25.7 Å². The maximum absolute atomic E-state index is 5.81. The maximum Gasteiger partial charge on any atom is 0.188 e. The summed E-state index contributed by atoms with van der Waals surface area (Å²) in [6, 6.07) is 0. The molecular formula is C14H28IN3. The lowest BCUT2D eigenvalue weighted by atomic mass is 9.91. The maximum atomic E-state index is 5.81. The smallest absolute Gasteiger partial charge is 0.188 e. The number of nitrogens with zero attached hydrogens (tertiary/aromatic N) is 1. The Hall–Kier alpha value is -0.260. The Morgan fingerprint density at radius 3 is 2.33 bits per heavy atom. The molecule has 0 aromatic carbocycles. The molecule has 0 aromatic heterocycles. The zero-order valence-corrected chi connectivity index (χ0v) is 13.9. The molecule has 0 atom stereocenters. The van der Waals surface area contributed by atoms with Crippen LogP contribution in [0.3, 0.4) is 0 Å². The molecule has 3 nitrogen and oxygen atoms in total. The van der Waals surface area contributed by atoms with E-state index in [0.29, 0.717) is 12.5 Å². The molecule has 106 valence electrons. The van der Waals surface area contributed by atoms with Gasteiger partial charge in [-0.1, -0.05) is 44.3 Å². The quantitative estimate of drug-likeness (QED) is 0.347. The number of nitrogens with two attached hydrogens (primary N) is 1. The molecule has 0 unspecified atom stereocenters. The molecule has 0 spiro atoms. The molecule has 4 heteroatoms. The third-order valence-electron chi connectivity index (χ3n) is 3.32. The summed E-state index contributed by atoms with van der Waals surface area (Å²) >= 11 is 0. The fourth-order valence-electron chi connectivity index (χ4n) is 2.27. The summed E-state index contributed by atoms with van der Waals surface area (Å²) in [6.45, 7) is 7.38. The highest BCUT2D eigenvalue weighted by Crippen LogP contribution is 2.21. The van der Waals surface area contributed by atoms with Gasteiger partial charge in [0, 0.05) is 6.54 Å². The largest absolute Gasteiger partial charge is 0.370 e. The number of guanidine groups is 1. The van der Waals surface area contributed by atoms with Crippen molar-refractivity contribution in [2.24, 2.45) is 16.6 Å². The Labute approximate surface area is 129 Å². The summed E-state index contributed by atoms with van der Waals surface area (Å²) in [5.74, 6) is 1.34. The first kappa shape index (κ1) is 17.7. The van der Waals surface area contributed by atoms with Gasteiger partial charge in [0.05, 0.1) is 6.54 Å². The standard InChI is InChI=1S/C14H27N3.HI/c1-12(2)10-16-14(15)17-11-13-8-6-4-3-5-7-9-13;/h13H,1,3-11H2,2H3,(H3,15,16,17);1H. The van der Waals surface area contributed by atoms with Crippen molar-refractivity contribution < 1.29 is 0 Å². The van der Waals surface area contributed by atoms with Gasteiger partial charge < -0.3 is 11.1 Å². The average molecular weight is 365 g/mol. The highest BCUT2D eigenvalue weighted by molar-refractivity contribution is 14.0. The van der Waals surface area contributed by atoms with Crippen molar-refractivity contribution in [3.05, 3.63) is 12.2 Å². The molecule has 1 fully saturated rings. The van der Waals surface area contributed by atoms with Gasteiger partial charge in [-0.15, -0.1) is 24.0 Å². The Morgan fingerprint density at radius 2 is 1.78 bits per heavy atom. The summed E-state index contributed by atoms with van der Waals surface area (Å²) in [4.78, 5) is 4.23. The average Bonchev–Trinajstić information content (AvgIpc) is 2.24. The minimum Gasteiger partial charge on any atom is -0.370 e. The summed E-state index contributed by atoms with van der Waals surface area (Å²) in [5.41, 5.74) is 6.85. The molecule has 1 saturated carbocycles. The van der Waals surface area contributed by atoms with Gasteiger partial charge in [-0.2, -0.15) is 0 Å². The lowest BCUT2D eigenvalue weighted by Gasteiger charge is -2.20. The van der Waals surface area contributed by atoms with Gasteiger partial charge in [-0.25, -0.2) is 4.99 Å². The number of rotatable bonds is 4. The molecule has 0 bridgehead atoms. The van der Waals surface area contributed by atoms with Gasteiger partial charge in [0.25, 0.3) is 0 Å². The van der Waals surface area contributed by atoms with Gasteiger partial charge in [0.1, 0.15) is 0 Å². The van der Waals surface area contributed by atoms with E-state index in [0.717, 1.165) is 18.0 Å². The lowest BCUT2D eigenvalue weighted by molar-refractivity contribution is 0.376. The second kappa shape index (κ2) is 10.6. The summed E-state index contributed by atoms with van der Waals surface area (Å²) in [6.07, 6.45) is 9.62. The first-order valence-electron chi connectivity index (χ1n) is 6.86. The summed E-state index contributed by atoms with van der Waals surface area (Å²) < 4.78 is 0. The van der Waals surface area contributed by atoms with Crippen molar-refractivity contribution in [3.63, 3.8) is 0 Å². The second-order valence-corrected chi connectivity index (χ2v) is 5.25. The Bertz CT molecular complexity index is 256. The van der Waals surface area contributed by atoms with Crippen molar-refractivity contribution in [1.82, 2.24) is 5.32 Å². The van der Waals surface area contributed by atoms with E-state index in [2.05, 4.69) is 16.9 Å². The Balaban J connectivity index is 0.00000289. The Morgan fingerprint density at radius 1 is 1.22 bits per heavy atom. The molecule has 0 aromatic rings. The molecule has 1 rings (SSSR count). The van der Waals surface area contributed by atoms with Crippen LogP contribution in [0.25, 0.3) is 0 Å². The van der Waals surface area contributed by atoms with E-state index in [1.165, 1.54) is 44.9 Å². The van der Waals surface area contributed by atoms with E-state index in [-0.39, 0.29) is 24.0 Å². The minimum absolute atomic E-state index is 0. The predicted octanol–water partition coefficient (Wildman–Crippen LogP) is 3.45. The SMILES string of the molecule is C=C(C)CN=C(N)NCC1CCCCCCC1.I. The summed E-state index contributed by atoms with van der Waals surface area (Å²) in [5, 5.41) is 3.24. The van der Waals surface area contributed by atoms with Crippen LogP contribution < -0.4 is 11.1 Å². The summed E-state index contributed by atoms with van der Waals surface area (Å²) in [7, 11) is 0. The molecule has 1 aliphatic rings. The van der Waals surface area contributed by atoms with Crippen molar-refractivity contribution in [1.29, 1.82) is 0 Å². The van der Waals surface area contributed by atoms with Gasteiger partial charge in [-0.3, -0.25) is 0 Å². The Kier molecular flexibility index (Phi) is 10.5. The van der Waals surface area contributed by atoms with Crippen LogP contribution in [0.5, 0.6) is 0 Å². The number of aliphatic imine (C=N–C) groups is 1. The minimum atomic E-state index is 0. The molecule has 0 aliphatic heterocycles. The van der Waals surface area contributed by atoms with E-state index in [1.807, 2.05) is 6.92 Å². The van der Waals surface area contributed by atoms with E-state index in [4.69, 9.17) is 5.73 Å². The normalized spacial score (nSPS) is 18.4. The van der Waals surface area contributed by atoms with Crippen LogP contribution in [0.4, 0.5) is 0 Å². The van der Waals surface area contributed by atoms with Crippen molar-refractivity contribution >= 4 is 29.9 Å². The fourth-order valence-corrected chi connectivity index (χ4v) is 2.27. The van der Waals surface area contributed by atoms with Crippen LogP contribution in [0.15, 0.2) is 17.1 Å². The van der Waals surface area contributed by atoms with Crippen LogP contribution >= 0.6 is 24.0 Å². The van der Waals surface area contributed by atoms with Crippen molar-refractivity contribution in [2.45, 2.75) is 51.9 Å². The first-order valence-corrected chi connectivity index (χ1v) is 6.86. The van der Waals surface area contributed by atoms with Crippen LogP contribution in [-0.2, 0) is 0 Å². The molecule has 0 saturated heterocycles. The van der Waals surface area contributed by atoms with Crippen LogP contribution in [0, 0.1) is 5.92 Å². The lowest BCUT2D eigenvalue weighted by Crippen LogP contribution is -2.35. The molecule has 1 aliphatic carbocycles. The van der Waals surface area contributed by atoms with E-state index in [1.54, 1.807) is 0 Å². The molecule has 3 N–H and O–H groups in total. The highest BCUT2D eigenvalue weighted by Gasteiger charge is 2.11. The number of hydrogen-bond acceptors (Lipinski definition) is 1. The van der Waals surface area contributed by atoms with Crippen molar-refractivity contribution in [3.8, 4) is 0 Å². The van der Waals surface area contributed by atoms with E-state index in [9.17, 15) is 0 Å². The fraction of sp³-hybridized carbons (Fsp3) is 0.786. The van der Waals surface area contributed by atoms with Crippen LogP contribution in [0.2, 0.25) is 0 Å². The number of nitrogens with one attached hydrogen (secondary N) is 1. The predicted molar refractivity (Wildman–Crippen MR) is 90.5 cm³/mol. The van der Waals surface area contributed by atoms with Gasteiger partial charge in [0.15, 0.2) is 5.96 Å². The van der Waals surface area contributed by atoms with E-state index >= 15 is 0 Å². The third-order valence-corrected chi connectivity index (χ3v) is 3.32. The van der Waals surface area contributed by atoms with Gasteiger partial charge >= 0.3 is 0 Å². The molecule has 18 heavy (non-hydrogen) atoms. The molecule has 0 heterocycles. The van der Waals surface area contributed by atoms with Crippen molar-refractivity contribution in [2.75, 3.05) is 13.1 Å².